The van der Waals surface area contributed by atoms with Gasteiger partial charge in [0.2, 0.25) is 0 Å². The molecule has 0 aliphatic heterocycles. The number of phenols is 1. The number of imidazole rings is 1. The Kier molecular flexibility index (Phi) is 6.67. The average molecular weight is 465 g/mol. The van der Waals surface area contributed by atoms with Gasteiger partial charge in [0.1, 0.15) is 17.3 Å². The second-order valence-electron chi connectivity index (χ2n) is 7.35. The van der Waals surface area contributed by atoms with Crippen molar-refractivity contribution in [3.05, 3.63) is 78.4 Å². The topological polar surface area (TPSA) is 126 Å². The van der Waals surface area contributed by atoms with Crippen molar-refractivity contribution in [3.8, 4) is 33.9 Å². The lowest BCUT2D eigenvalue weighted by atomic mass is 10.0. The summed E-state index contributed by atoms with van der Waals surface area (Å²) in [5, 5.41) is 13.2. The number of nitrogens with two attached hydrogens (primary N) is 1. The minimum Gasteiger partial charge on any atom is -0.507 e. The van der Waals surface area contributed by atoms with E-state index in [-0.39, 0.29) is 17.1 Å². The number of aromatic nitrogens is 3. The van der Waals surface area contributed by atoms with Crippen molar-refractivity contribution in [3.63, 3.8) is 0 Å². The summed E-state index contributed by atoms with van der Waals surface area (Å²) < 4.78 is 30.7. The number of hydrogen-bond donors (Lipinski definition) is 4. The molecule has 2 aromatic heterocycles. The monoisotopic (exact) mass is 465 g/mol. The van der Waals surface area contributed by atoms with Gasteiger partial charge in [0.25, 0.3) is 5.91 Å². The number of alkyl halides is 2. The first kappa shape index (κ1) is 22.7. The second kappa shape index (κ2) is 9.99. The van der Waals surface area contributed by atoms with Gasteiger partial charge in [-0.1, -0.05) is 18.2 Å². The fourth-order valence-electron chi connectivity index (χ4n) is 3.47. The molecule has 1 amide bonds. The molecule has 5 N–H and O–H groups in total. The Morgan fingerprint density at radius 3 is 2.71 bits per heavy atom. The molecule has 10 heteroatoms. The van der Waals surface area contributed by atoms with Crippen LogP contribution in [0.1, 0.15) is 16.1 Å². The molecule has 0 bridgehead atoms. The molecule has 4 aromatic rings. The number of carbonyl (C=O) groups excluding carboxylic acids is 1. The number of H-pyrrole nitrogens is 1. The number of pyridine rings is 1. The van der Waals surface area contributed by atoms with E-state index in [1.165, 1.54) is 18.2 Å². The number of anilines is 1. The molecule has 0 saturated heterocycles. The third-order valence-corrected chi connectivity index (χ3v) is 5.05. The number of para-hydroxylation sites is 1. The minimum absolute atomic E-state index is 0.0154. The number of nitrogens with zero attached hydrogens (tertiary/aromatic N) is 2. The molecule has 0 saturated carbocycles. The Balaban J connectivity index is 1.76. The van der Waals surface area contributed by atoms with Gasteiger partial charge in [0.05, 0.1) is 17.6 Å². The first-order chi connectivity index (χ1) is 16.4. The van der Waals surface area contributed by atoms with Gasteiger partial charge in [0.15, 0.2) is 0 Å². The molecule has 0 atom stereocenters. The Hall–Kier alpha value is -4.47. The lowest BCUT2D eigenvalue weighted by Gasteiger charge is -2.14. The molecule has 0 aliphatic carbocycles. The van der Waals surface area contributed by atoms with Crippen molar-refractivity contribution in [2.75, 3.05) is 11.9 Å². The summed E-state index contributed by atoms with van der Waals surface area (Å²) in [6.07, 6.45) is 3.96. The van der Waals surface area contributed by atoms with Crippen molar-refractivity contribution in [2.24, 2.45) is 5.73 Å². The van der Waals surface area contributed by atoms with Gasteiger partial charge in [-0.15, -0.1) is 0 Å². The van der Waals surface area contributed by atoms with Crippen LogP contribution < -0.4 is 15.8 Å². The molecule has 2 aromatic carbocycles. The summed E-state index contributed by atoms with van der Waals surface area (Å²) in [5.41, 5.74) is 8.20. The maximum absolute atomic E-state index is 13.0. The van der Waals surface area contributed by atoms with Crippen molar-refractivity contribution >= 4 is 11.7 Å². The van der Waals surface area contributed by atoms with Gasteiger partial charge in [-0.05, 0) is 42.0 Å². The summed E-state index contributed by atoms with van der Waals surface area (Å²) in [7, 11) is 0. The Morgan fingerprint density at radius 2 is 1.97 bits per heavy atom. The van der Waals surface area contributed by atoms with E-state index in [4.69, 9.17) is 10.5 Å². The molecule has 0 radical (unpaired) electrons. The Bertz CT molecular complexity index is 1300. The second-order valence-corrected chi connectivity index (χ2v) is 7.35. The molecule has 2 heterocycles. The summed E-state index contributed by atoms with van der Waals surface area (Å²) in [5.74, 6) is -0.542. The highest BCUT2D eigenvalue weighted by Crippen LogP contribution is 2.35. The fraction of sp³-hybridized carbons (Fsp3) is 0.125. The van der Waals surface area contributed by atoms with Gasteiger partial charge in [-0.3, -0.25) is 4.79 Å². The van der Waals surface area contributed by atoms with E-state index in [0.29, 0.717) is 41.2 Å². The van der Waals surface area contributed by atoms with E-state index >= 15 is 0 Å². The van der Waals surface area contributed by atoms with Gasteiger partial charge in [0, 0.05) is 36.0 Å². The van der Waals surface area contributed by atoms with Gasteiger partial charge >= 0.3 is 6.61 Å². The summed E-state index contributed by atoms with van der Waals surface area (Å²) in [6, 6.07) is 14.2. The number of aromatic hydroxyl groups is 1. The number of hydrogen-bond acceptors (Lipinski definition) is 6. The zero-order chi connectivity index (χ0) is 24.1. The molecule has 174 valence electrons. The average Bonchev–Trinajstić information content (AvgIpc) is 3.32. The standard InChI is InChI=1S/C24H21F2N5O3/c25-24(26)34-21-4-2-1-3-17(21)15-10-19(14-5-6-20(32)18(9-14)23(27)33)31-22(11-15)29-8-7-16-12-28-13-30-16/h1-6,9-13,24,32H,7-8H2,(H2,27,33)(H,28,30)(H,29,31). The number of nitrogens with one attached hydrogen (secondary N) is 2. The normalized spacial score (nSPS) is 10.9. The third kappa shape index (κ3) is 5.29. The van der Waals surface area contributed by atoms with Crippen LogP contribution in [0.25, 0.3) is 22.4 Å². The van der Waals surface area contributed by atoms with Crippen LogP contribution in [0, 0.1) is 0 Å². The van der Waals surface area contributed by atoms with Crippen LogP contribution in [-0.2, 0) is 6.42 Å². The van der Waals surface area contributed by atoms with E-state index in [2.05, 4.69) is 20.3 Å². The molecule has 8 nitrogen and oxygen atoms in total. The predicted octanol–water partition coefficient (Wildman–Crippen LogP) is 4.20. The number of halogens is 2. The largest absolute Gasteiger partial charge is 0.507 e. The van der Waals surface area contributed by atoms with Crippen molar-refractivity contribution in [1.82, 2.24) is 15.0 Å². The van der Waals surface area contributed by atoms with Crippen molar-refractivity contribution in [2.45, 2.75) is 13.0 Å². The Morgan fingerprint density at radius 1 is 1.15 bits per heavy atom. The SMILES string of the molecule is NC(=O)c1cc(-c2cc(-c3ccccc3OC(F)F)cc(NCCc3cnc[nH]3)n2)ccc1O. The van der Waals surface area contributed by atoms with Gasteiger partial charge in [-0.2, -0.15) is 8.78 Å². The van der Waals surface area contributed by atoms with E-state index in [1.807, 2.05) is 0 Å². The van der Waals surface area contributed by atoms with Gasteiger partial charge < -0.3 is 25.9 Å². The van der Waals surface area contributed by atoms with Crippen molar-refractivity contribution in [1.29, 1.82) is 0 Å². The van der Waals surface area contributed by atoms with Crippen LogP contribution in [0.2, 0.25) is 0 Å². The summed E-state index contributed by atoms with van der Waals surface area (Å²) in [4.78, 5) is 23.3. The number of carbonyl (C=O) groups is 1. The molecule has 4 rings (SSSR count). The fourth-order valence-corrected chi connectivity index (χ4v) is 3.47. The summed E-state index contributed by atoms with van der Waals surface area (Å²) >= 11 is 0. The smallest absolute Gasteiger partial charge is 0.387 e. The first-order valence-electron chi connectivity index (χ1n) is 10.3. The zero-order valence-electron chi connectivity index (χ0n) is 17.8. The molecule has 0 fully saturated rings. The highest BCUT2D eigenvalue weighted by molar-refractivity contribution is 5.97. The zero-order valence-corrected chi connectivity index (χ0v) is 17.8. The maximum Gasteiger partial charge on any atom is 0.387 e. The number of aromatic amines is 1. The molecule has 0 unspecified atom stereocenters. The van der Waals surface area contributed by atoms with E-state index < -0.39 is 12.5 Å². The lowest BCUT2D eigenvalue weighted by Crippen LogP contribution is -2.11. The quantitative estimate of drug-likeness (QED) is 0.294. The highest BCUT2D eigenvalue weighted by Gasteiger charge is 2.15. The number of amides is 1. The van der Waals surface area contributed by atoms with Crippen LogP contribution in [0.15, 0.2) is 67.1 Å². The number of benzene rings is 2. The molecular formula is C24H21F2N5O3. The third-order valence-electron chi connectivity index (χ3n) is 5.05. The first-order valence-corrected chi connectivity index (χ1v) is 10.3. The van der Waals surface area contributed by atoms with Gasteiger partial charge in [-0.25, -0.2) is 9.97 Å². The Labute approximate surface area is 193 Å². The van der Waals surface area contributed by atoms with E-state index in [1.54, 1.807) is 48.9 Å². The van der Waals surface area contributed by atoms with Crippen LogP contribution in [0.3, 0.4) is 0 Å². The van der Waals surface area contributed by atoms with Crippen LogP contribution in [-0.4, -0.2) is 39.1 Å². The van der Waals surface area contributed by atoms with E-state index in [0.717, 1.165) is 5.69 Å². The van der Waals surface area contributed by atoms with Crippen LogP contribution in [0.4, 0.5) is 14.6 Å². The van der Waals surface area contributed by atoms with Crippen molar-refractivity contribution < 1.29 is 23.4 Å². The van der Waals surface area contributed by atoms with Crippen LogP contribution >= 0.6 is 0 Å². The van der Waals surface area contributed by atoms with Crippen LogP contribution in [0.5, 0.6) is 11.5 Å². The number of ether oxygens (including phenoxy) is 1. The predicted molar refractivity (Wildman–Crippen MR) is 123 cm³/mol. The highest BCUT2D eigenvalue weighted by atomic mass is 19.3. The molecule has 0 spiro atoms. The maximum atomic E-state index is 13.0. The summed E-state index contributed by atoms with van der Waals surface area (Å²) in [6.45, 7) is -2.46. The number of rotatable bonds is 9. The minimum atomic E-state index is -2.98. The molecular weight excluding hydrogens is 444 g/mol. The lowest BCUT2D eigenvalue weighted by molar-refractivity contribution is -0.0494. The number of primary amides is 1. The molecule has 0 aliphatic rings. The molecule has 34 heavy (non-hydrogen) atoms. The van der Waals surface area contributed by atoms with E-state index in [9.17, 15) is 18.7 Å².